The molecule has 0 aliphatic heterocycles. The monoisotopic (exact) mass is 313 g/mol. The highest BCUT2D eigenvalue weighted by Crippen LogP contribution is 2.22. The lowest BCUT2D eigenvalue weighted by molar-refractivity contribution is -0.384. The van der Waals surface area contributed by atoms with Gasteiger partial charge in [0.15, 0.2) is 0 Å². The Morgan fingerprint density at radius 3 is 2.67 bits per heavy atom. The Bertz CT molecular complexity index is 707. The molecule has 0 atom stereocenters. The number of anilines is 1. The van der Waals surface area contributed by atoms with Crippen molar-refractivity contribution in [2.45, 2.75) is 12.8 Å². The molecule has 0 aliphatic rings. The number of hydrogen-bond acceptors (Lipinski definition) is 6. The Kier molecular flexibility index (Phi) is 5.20. The van der Waals surface area contributed by atoms with Gasteiger partial charge >= 0.3 is 5.97 Å². The molecule has 21 heavy (non-hydrogen) atoms. The van der Waals surface area contributed by atoms with Crippen molar-refractivity contribution in [1.29, 1.82) is 5.26 Å². The van der Waals surface area contributed by atoms with Crippen LogP contribution in [-0.2, 0) is 14.8 Å². The molecule has 0 amide bonds. The number of nitrogens with one attached hydrogen (secondary N) is 1. The average molecular weight is 313 g/mol. The normalized spacial score (nSPS) is 10.6. The van der Waals surface area contributed by atoms with E-state index in [1.807, 2.05) is 0 Å². The van der Waals surface area contributed by atoms with Crippen molar-refractivity contribution in [3.05, 3.63) is 33.9 Å². The molecule has 10 heteroatoms. The fraction of sp³-hybridized carbons (Fsp3) is 0.273. The number of rotatable bonds is 7. The van der Waals surface area contributed by atoms with Gasteiger partial charge in [-0.3, -0.25) is 19.6 Å². The van der Waals surface area contributed by atoms with Crippen molar-refractivity contribution in [1.82, 2.24) is 0 Å². The van der Waals surface area contributed by atoms with Crippen molar-refractivity contribution >= 4 is 27.4 Å². The van der Waals surface area contributed by atoms with Crippen LogP contribution >= 0.6 is 0 Å². The molecule has 1 aromatic carbocycles. The Labute approximate surface area is 120 Å². The summed E-state index contributed by atoms with van der Waals surface area (Å²) >= 11 is 0. The highest BCUT2D eigenvalue weighted by Gasteiger charge is 2.16. The maximum atomic E-state index is 11.7. The van der Waals surface area contributed by atoms with E-state index in [0.29, 0.717) is 0 Å². The highest BCUT2D eigenvalue weighted by molar-refractivity contribution is 7.92. The molecule has 0 saturated heterocycles. The van der Waals surface area contributed by atoms with E-state index in [-0.39, 0.29) is 29.8 Å². The third-order valence-electron chi connectivity index (χ3n) is 2.40. The lowest BCUT2D eigenvalue weighted by Gasteiger charge is -2.08. The molecule has 112 valence electrons. The van der Waals surface area contributed by atoms with E-state index in [2.05, 4.69) is 4.72 Å². The fourth-order valence-electron chi connectivity index (χ4n) is 1.46. The minimum Gasteiger partial charge on any atom is -0.481 e. The number of hydrogen-bond donors (Lipinski definition) is 2. The summed E-state index contributed by atoms with van der Waals surface area (Å²) in [7, 11) is -3.83. The van der Waals surface area contributed by atoms with Gasteiger partial charge in [0.1, 0.15) is 6.07 Å². The van der Waals surface area contributed by atoms with E-state index in [1.165, 1.54) is 0 Å². The van der Waals surface area contributed by atoms with Gasteiger partial charge in [-0.15, -0.1) is 0 Å². The van der Waals surface area contributed by atoms with Gasteiger partial charge in [-0.2, -0.15) is 5.26 Å². The number of aliphatic carboxylic acids is 1. The third kappa shape index (κ3) is 5.07. The van der Waals surface area contributed by atoms with E-state index in [1.54, 1.807) is 6.07 Å². The second kappa shape index (κ2) is 6.67. The van der Waals surface area contributed by atoms with Crippen molar-refractivity contribution in [2.75, 3.05) is 10.5 Å². The number of nitrogens with zero attached hydrogens (tertiary/aromatic N) is 2. The molecule has 1 rings (SSSR count). The maximum absolute atomic E-state index is 11.7. The molecule has 0 spiro atoms. The number of carboxylic acid groups (broad SMARTS) is 1. The van der Waals surface area contributed by atoms with E-state index < -0.39 is 26.7 Å². The summed E-state index contributed by atoms with van der Waals surface area (Å²) < 4.78 is 25.6. The van der Waals surface area contributed by atoms with E-state index in [9.17, 15) is 23.3 Å². The number of non-ortho nitro benzene ring substituents is 1. The molecule has 0 aromatic heterocycles. The molecule has 0 heterocycles. The van der Waals surface area contributed by atoms with Crippen LogP contribution in [0.4, 0.5) is 11.4 Å². The van der Waals surface area contributed by atoms with Crippen LogP contribution in [0.2, 0.25) is 0 Å². The zero-order valence-corrected chi connectivity index (χ0v) is 11.5. The second-order valence-electron chi connectivity index (χ2n) is 4.02. The van der Waals surface area contributed by atoms with Gasteiger partial charge in [0.05, 0.1) is 21.9 Å². The number of carbonyl (C=O) groups is 1. The molecule has 0 radical (unpaired) electrons. The minimum atomic E-state index is -3.83. The third-order valence-corrected chi connectivity index (χ3v) is 3.76. The average Bonchev–Trinajstić information content (AvgIpc) is 2.37. The summed E-state index contributed by atoms with van der Waals surface area (Å²) in [6.45, 7) is 0. The molecule has 9 nitrogen and oxygen atoms in total. The van der Waals surface area contributed by atoms with Gasteiger partial charge in [-0.1, -0.05) is 0 Å². The summed E-state index contributed by atoms with van der Waals surface area (Å²) in [6, 6.07) is 4.80. The maximum Gasteiger partial charge on any atom is 0.303 e. The van der Waals surface area contributed by atoms with Crippen LogP contribution < -0.4 is 4.72 Å². The molecular weight excluding hydrogens is 302 g/mol. The fourth-order valence-corrected chi connectivity index (χ4v) is 2.60. The smallest absolute Gasteiger partial charge is 0.303 e. The number of carboxylic acids is 1. The highest BCUT2D eigenvalue weighted by atomic mass is 32.2. The predicted molar refractivity (Wildman–Crippen MR) is 72.1 cm³/mol. The van der Waals surface area contributed by atoms with Gasteiger partial charge in [0.2, 0.25) is 10.0 Å². The largest absolute Gasteiger partial charge is 0.481 e. The van der Waals surface area contributed by atoms with E-state index >= 15 is 0 Å². The van der Waals surface area contributed by atoms with Crippen LogP contribution in [0.5, 0.6) is 0 Å². The van der Waals surface area contributed by atoms with E-state index in [4.69, 9.17) is 10.4 Å². The number of nitriles is 1. The zero-order chi connectivity index (χ0) is 16.0. The van der Waals surface area contributed by atoms with Gasteiger partial charge in [-0.25, -0.2) is 8.42 Å². The minimum absolute atomic E-state index is 0.0838. The Balaban J connectivity index is 2.89. The van der Waals surface area contributed by atoms with Crippen LogP contribution in [0, 0.1) is 21.4 Å². The quantitative estimate of drug-likeness (QED) is 0.564. The summed E-state index contributed by atoms with van der Waals surface area (Å²) in [5.41, 5.74) is -0.607. The van der Waals surface area contributed by atoms with Crippen molar-refractivity contribution < 1.29 is 23.2 Å². The second-order valence-corrected chi connectivity index (χ2v) is 5.86. The first-order valence-electron chi connectivity index (χ1n) is 5.66. The predicted octanol–water partition coefficient (Wildman–Crippen LogP) is 1.07. The van der Waals surface area contributed by atoms with Gasteiger partial charge in [0, 0.05) is 18.6 Å². The Hall–Kier alpha value is -2.67. The summed E-state index contributed by atoms with van der Waals surface area (Å²) in [4.78, 5) is 20.2. The van der Waals surface area contributed by atoms with Crippen LogP contribution in [0.1, 0.15) is 18.4 Å². The number of nitro groups is 1. The van der Waals surface area contributed by atoms with Gasteiger partial charge < -0.3 is 5.11 Å². The van der Waals surface area contributed by atoms with Gasteiger partial charge in [0.25, 0.3) is 5.69 Å². The standard InChI is InChI=1S/C11H11N3O6S/c12-7-8-6-9(14(17)18)3-4-10(8)13-21(19,20)5-1-2-11(15)16/h3-4,6,13H,1-2,5H2,(H,15,16). The van der Waals surface area contributed by atoms with Crippen molar-refractivity contribution in [2.24, 2.45) is 0 Å². The van der Waals surface area contributed by atoms with Crippen molar-refractivity contribution in [3.63, 3.8) is 0 Å². The lowest BCUT2D eigenvalue weighted by atomic mass is 10.2. The Morgan fingerprint density at radius 2 is 2.14 bits per heavy atom. The molecule has 0 bridgehead atoms. The molecule has 1 aromatic rings. The van der Waals surface area contributed by atoms with Crippen LogP contribution in [-0.4, -0.2) is 30.2 Å². The van der Waals surface area contributed by atoms with Crippen molar-refractivity contribution in [3.8, 4) is 6.07 Å². The van der Waals surface area contributed by atoms with Crippen LogP contribution in [0.15, 0.2) is 18.2 Å². The Morgan fingerprint density at radius 1 is 1.48 bits per heavy atom. The van der Waals surface area contributed by atoms with Gasteiger partial charge in [-0.05, 0) is 12.5 Å². The summed E-state index contributed by atoms with van der Waals surface area (Å²) in [5.74, 6) is -1.54. The molecule has 0 fully saturated rings. The molecule has 0 unspecified atom stereocenters. The SMILES string of the molecule is N#Cc1cc([N+](=O)[O-])ccc1NS(=O)(=O)CCCC(=O)O. The zero-order valence-electron chi connectivity index (χ0n) is 10.6. The first-order valence-corrected chi connectivity index (χ1v) is 7.31. The van der Waals surface area contributed by atoms with Crippen LogP contribution in [0.3, 0.4) is 0 Å². The number of benzene rings is 1. The summed E-state index contributed by atoms with van der Waals surface area (Å²) in [5, 5.41) is 27.9. The lowest BCUT2D eigenvalue weighted by Crippen LogP contribution is -2.18. The molecular formula is C11H11N3O6S. The number of sulfonamides is 1. The van der Waals surface area contributed by atoms with E-state index in [0.717, 1.165) is 18.2 Å². The first-order chi connectivity index (χ1) is 9.75. The topological polar surface area (TPSA) is 150 Å². The first kappa shape index (κ1) is 16.4. The molecule has 2 N–H and O–H groups in total. The van der Waals surface area contributed by atoms with Crippen LogP contribution in [0.25, 0.3) is 0 Å². The molecule has 0 saturated carbocycles. The summed E-state index contributed by atoms with van der Waals surface area (Å²) in [6.07, 6.45) is -0.383. The molecule has 0 aliphatic carbocycles. The number of nitro benzene ring substituents is 1.